The van der Waals surface area contributed by atoms with Gasteiger partial charge in [0.05, 0.1) is 12.7 Å². The van der Waals surface area contributed by atoms with Gasteiger partial charge in [0.25, 0.3) is 0 Å². The highest BCUT2D eigenvalue weighted by Gasteiger charge is 2.05. The van der Waals surface area contributed by atoms with Crippen molar-refractivity contribution in [1.82, 2.24) is 0 Å². The lowest BCUT2D eigenvalue weighted by Gasteiger charge is -2.02. The minimum absolute atomic E-state index is 0.301. The zero-order valence-corrected chi connectivity index (χ0v) is 11.9. The van der Waals surface area contributed by atoms with Crippen molar-refractivity contribution in [2.75, 3.05) is 19.5 Å². The minimum atomic E-state index is -0.907. The molecule has 0 saturated heterocycles. The van der Waals surface area contributed by atoms with Gasteiger partial charge in [0.2, 0.25) is 0 Å². The van der Waals surface area contributed by atoms with Crippen LogP contribution in [-0.4, -0.2) is 31.5 Å². The number of para-hydroxylation sites is 1. The molecule has 0 amide bonds. The zero-order valence-electron chi connectivity index (χ0n) is 11.9. The fourth-order valence-electron chi connectivity index (χ4n) is 1.57. The minimum Gasteiger partial charge on any atom is -0.497 e. The highest BCUT2D eigenvalue weighted by Crippen LogP contribution is 2.13. The second-order valence-electron chi connectivity index (χ2n) is 3.99. The van der Waals surface area contributed by atoms with E-state index in [2.05, 4.69) is 5.32 Å². The van der Waals surface area contributed by atoms with Crippen molar-refractivity contribution in [2.45, 2.75) is 0 Å². The van der Waals surface area contributed by atoms with Crippen LogP contribution in [0.2, 0.25) is 0 Å². The Hall–Kier alpha value is -2.82. The van der Waals surface area contributed by atoms with E-state index >= 15 is 0 Å². The van der Waals surface area contributed by atoms with Gasteiger partial charge in [0, 0.05) is 18.3 Å². The molecule has 2 aromatic rings. The average molecular weight is 287 g/mol. The maximum atomic E-state index is 10.5. The Bertz CT molecular complexity index is 593. The zero-order chi connectivity index (χ0) is 15.7. The molecule has 0 aliphatic carbocycles. The third kappa shape index (κ3) is 4.99. The van der Waals surface area contributed by atoms with Crippen LogP contribution < -0.4 is 10.1 Å². The number of hydrogen-bond donors (Lipinski definition) is 2. The molecule has 2 N–H and O–H groups in total. The molecular formula is C16H17NO4. The van der Waals surface area contributed by atoms with E-state index in [9.17, 15) is 9.59 Å². The lowest BCUT2D eigenvalue weighted by atomic mass is 10.2. The molecule has 0 aromatic heterocycles. The molecule has 21 heavy (non-hydrogen) atoms. The largest absolute Gasteiger partial charge is 0.497 e. The topological polar surface area (TPSA) is 75.6 Å². The van der Waals surface area contributed by atoms with Crippen molar-refractivity contribution in [2.24, 2.45) is 0 Å². The first-order chi connectivity index (χ1) is 10.1. The van der Waals surface area contributed by atoms with Gasteiger partial charge >= 0.3 is 5.97 Å². The van der Waals surface area contributed by atoms with Crippen molar-refractivity contribution in [3.05, 3.63) is 59.7 Å². The normalized spacial score (nSPS) is 9.05. The van der Waals surface area contributed by atoms with E-state index in [0.717, 1.165) is 12.0 Å². The van der Waals surface area contributed by atoms with Crippen LogP contribution in [0.15, 0.2) is 48.5 Å². The van der Waals surface area contributed by atoms with Gasteiger partial charge in [-0.1, -0.05) is 12.1 Å². The molecule has 0 aliphatic heterocycles. The highest BCUT2D eigenvalue weighted by atomic mass is 16.5. The number of carboxylic acid groups (broad SMARTS) is 1. The van der Waals surface area contributed by atoms with E-state index in [1.807, 2.05) is 0 Å². The van der Waals surface area contributed by atoms with E-state index in [0.29, 0.717) is 16.8 Å². The first-order valence-electron chi connectivity index (χ1n) is 6.21. The van der Waals surface area contributed by atoms with Crippen molar-refractivity contribution >= 4 is 17.9 Å². The van der Waals surface area contributed by atoms with Crippen LogP contribution in [0.25, 0.3) is 0 Å². The molecule has 0 saturated carbocycles. The maximum Gasteiger partial charge on any atom is 0.337 e. The first kappa shape index (κ1) is 16.2. The third-order valence-electron chi connectivity index (χ3n) is 2.68. The summed E-state index contributed by atoms with van der Waals surface area (Å²) in [7, 11) is 3.29. The summed E-state index contributed by atoms with van der Waals surface area (Å²) in [5.41, 5.74) is 1.61. The second kappa shape index (κ2) is 8.37. The van der Waals surface area contributed by atoms with Gasteiger partial charge in [-0.05, 0) is 36.4 Å². The van der Waals surface area contributed by atoms with Crippen molar-refractivity contribution < 1.29 is 19.4 Å². The molecule has 0 radical (unpaired) electrons. The summed E-state index contributed by atoms with van der Waals surface area (Å²) < 4.78 is 4.90. The molecule has 5 nitrogen and oxygen atoms in total. The average Bonchev–Trinajstić information content (AvgIpc) is 2.55. The van der Waals surface area contributed by atoms with Crippen molar-refractivity contribution in [3.8, 4) is 5.75 Å². The SMILES string of the molecule is CNc1ccccc1C(=O)O.COc1ccc(C=O)cc1. The van der Waals surface area contributed by atoms with Gasteiger partial charge in [0.1, 0.15) is 12.0 Å². The number of aldehydes is 1. The molecular weight excluding hydrogens is 270 g/mol. The number of benzene rings is 2. The fraction of sp³-hybridized carbons (Fsp3) is 0.125. The number of ether oxygens (including phenoxy) is 1. The molecule has 110 valence electrons. The fourth-order valence-corrected chi connectivity index (χ4v) is 1.57. The summed E-state index contributed by atoms with van der Waals surface area (Å²) in [6, 6.07) is 13.7. The molecule has 0 heterocycles. The van der Waals surface area contributed by atoms with E-state index < -0.39 is 5.97 Å². The van der Waals surface area contributed by atoms with Crippen LogP contribution in [0.1, 0.15) is 20.7 Å². The second-order valence-corrected chi connectivity index (χ2v) is 3.99. The molecule has 0 bridgehead atoms. The van der Waals surface area contributed by atoms with Gasteiger partial charge in [0.15, 0.2) is 0 Å². The Kier molecular flexibility index (Phi) is 6.47. The predicted molar refractivity (Wildman–Crippen MR) is 81.3 cm³/mol. The summed E-state index contributed by atoms with van der Waals surface area (Å²) in [5.74, 6) is -0.138. The van der Waals surface area contributed by atoms with Crippen LogP contribution in [0, 0.1) is 0 Å². The molecule has 5 heteroatoms. The number of carboxylic acids is 1. The quantitative estimate of drug-likeness (QED) is 0.846. The lowest BCUT2D eigenvalue weighted by Crippen LogP contribution is -2.01. The number of hydrogen-bond acceptors (Lipinski definition) is 4. The summed E-state index contributed by atoms with van der Waals surface area (Å²) in [6.45, 7) is 0. The molecule has 0 aliphatic rings. The number of nitrogens with one attached hydrogen (secondary N) is 1. The molecule has 0 unspecified atom stereocenters. The molecule has 2 aromatic carbocycles. The van der Waals surface area contributed by atoms with Crippen LogP contribution in [0.4, 0.5) is 5.69 Å². The molecule has 0 spiro atoms. The monoisotopic (exact) mass is 287 g/mol. The number of aromatic carboxylic acids is 1. The summed E-state index contributed by atoms with van der Waals surface area (Å²) >= 11 is 0. The highest BCUT2D eigenvalue weighted by molar-refractivity contribution is 5.94. The number of methoxy groups -OCH3 is 1. The maximum absolute atomic E-state index is 10.5. The lowest BCUT2D eigenvalue weighted by molar-refractivity contribution is 0.0697. The Balaban J connectivity index is 0.000000211. The first-order valence-corrected chi connectivity index (χ1v) is 6.21. The predicted octanol–water partition coefficient (Wildman–Crippen LogP) is 2.93. The van der Waals surface area contributed by atoms with Gasteiger partial charge in [-0.15, -0.1) is 0 Å². The van der Waals surface area contributed by atoms with Gasteiger partial charge in [-0.3, -0.25) is 4.79 Å². The molecule has 0 atom stereocenters. The van der Waals surface area contributed by atoms with Crippen molar-refractivity contribution in [3.63, 3.8) is 0 Å². The number of anilines is 1. The van der Waals surface area contributed by atoms with Crippen LogP contribution in [-0.2, 0) is 0 Å². The Morgan fingerprint density at radius 3 is 2.19 bits per heavy atom. The third-order valence-corrected chi connectivity index (χ3v) is 2.68. The van der Waals surface area contributed by atoms with Gasteiger partial charge in [-0.25, -0.2) is 4.79 Å². The van der Waals surface area contributed by atoms with E-state index in [4.69, 9.17) is 9.84 Å². The number of carbonyl (C=O) groups excluding carboxylic acids is 1. The van der Waals surface area contributed by atoms with Crippen LogP contribution >= 0.6 is 0 Å². The van der Waals surface area contributed by atoms with Crippen LogP contribution in [0.3, 0.4) is 0 Å². The van der Waals surface area contributed by atoms with E-state index in [1.54, 1.807) is 62.7 Å². The van der Waals surface area contributed by atoms with E-state index in [-0.39, 0.29) is 0 Å². The van der Waals surface area contributed by atoms with Crippen molar-refractivity contribution in [1.29, 1.82) is 0 Å². The van der Waals surface area contributed by atoms with E-state index in [1.165, 1.54) is 0 Å². The molecule has 2 rings (SSSR count). The Morgan fingerprint density at radius 2 is 1.76 bits per heavy atom. The summed E-state index contributed by atoms with van der Waals surface area (Å²) in [4.78, 5) is 20.7. The summed E-state index contributed by atoms with van der Waals surface area (Å²) in [5, 5.41) is 11.5. The smallest absolute Gasteiger partial charge is 0.337 e. The van der Waals surface area contributed by atoms with Crippen LogP contribution in [0.5, 0.6) is 5.75 Å². The number of carbonyl (C=O) groups is 2. The molecule has 0 fully saturated rings. The Labute approximate surface area is 123 Å². The Morgan fingerprint density at radius 1 is 1.14 bits per heavy atom. The van der Waals surface area contributed by atoms with Gasteiger partial charge < -0.3 is 15.2 Å². The standard InChI is InChI=1S/C8H9NO2.C8H8O2/c1-9-7-5-3-2-4-6(7)8(10)11;1-10-8-4-2-7(6-9)3-5-8/h2-5,9H,1H3,(H,10,11);2-6H,1H3. The number of rotatable bonds is 4. The van der Waals surface area contributed by atoms with Gasteiger partial charge in [-0.2, -0.15) is 0 Å². The summed E-state index contributed by atoms with van der Waals surface area (Å²) in [6.07, 6.45) is 0.805.